The molecule has 3 nitrogen and oxygen atoms in total. The number of nitrogens with zero attached hydrogens (tertiary/aromatic N) is 1. The number of carbonyl (C=O) groups excluding carboxylic acids is 1. The summed E-state index contributed by atoms with van der Waals surface area (Å²) in [6, 6.07) is 6.64. The Morgan fingerprint density at radius 1 is 1.18 bits per heavy atom. The first-order chi connectivity index (χ1) is 12.8. The zero-order valence-electron chi connectivity index (χ0n) is 17.6. The van der Waals surface area contributed by atoms with Gasteiger partial charge in [-0.3, -0.25) is 4.79 Å². The van der Waals surface area contributed by atoms with Crippen molar-refractivity contribution in [2.24, 2.45) is 23.7 Å². The number of hydrogen-bond acceptors (Lipinski definition) is 3. The summed E-state index contributed by atoms with van der Waals surface area (Å²) in [7, 11) is 2.06. The van der Waals surface area contributed by atoms with Crippen LogP contribution in [0.3, 0.4) is 0 Å². The van der Waals surface area contributed by atoms with E-state index >= 15 is 0 Å². The van der Waals surface area contributed by atoms with Crippen molar-refractivity contribution in [3.8, 4) is 0 Å². The van der Waals surface area contributed by atoms with E-state index in [-0.39, 0.29) is 46.7 Å². The first-order valence-electron chi connectivity index (χ1n) is 10.5. The van der Waals surface area contributed by atoms with Gasteiger partial charge in [0.05, 0.1) is 5.92 Å². The highest BCUT2D eigenvalue weighted by Gasteiger charge is 2.39. The van der Waals surface area contributed by atoms with Gasteiger partial charge < -0.3 is 9.64 Å². The maximum atomic E-state index is 13.3. The van der Waals surface area contributed by atoms with E-state index in [2.05, 4.69) is 32.7 Å². The van der Waals surface area contributed by atoms with Crippen LogP contribution >= 0.6 is 17.0 Å². The lowest BCUT2D eigenvalue weighted by Crippen LogP contribution is -2.44. The molecule has 0 spiro atoms. The molecule has 0 aromatic heterocycles. The van der Waals surface area contributed by atoms with Crippen molar-refractivity contribution in [2.75, 3.05) is 20.1 Å². The van der Waals surface area contributed by atoms with Gasteiger partial charge in [0, 0.05) is 6.54 Å². The molecule has 0 N–H and O–H groups in total. The first kappa shape index (κ1) is 23.3. The predicted octanol–water partition coefficient (Wildman–Crippen LogP) is 5.44. The number of ether oxygens (including phenoxy) is 1. The van der Waals surface area contributed by atoms with Crippen molar-refractivity contribution in [1.29, 1.82) is 0 Å². The predicted molar refractivity (Wildman–Crippen MR) is 116 cm³/mol. The van der Waals surface area contributed by atoms with Gasteiger partial charge in [0.2, 0.25) is 0 Å². The van der Waals surface area contributed by atoms with E-state index in [4.69, 9.17) is 4.74 Å². The Bertz CT molecular complexity index is 636. The number of likely N-dealkylation sites (tertiary alicyclic amines) is 1. The molecule has 1 aliphatic heterocycles. The molecule has 1 aromatic rings. The highest BCUT2D eigenvalue weighted by atomic mass is 79.9. The number of hydrogen-bond donors (Lipinski definition) is 0. The summed E-state index contributed by atoms with van der Waals surface area (Å²) in [5.41, 5.74) is 1.05. The number of piperidine rings is 1. The third kappa shape index (κ3) is 5.56. The van der Waals surface area contributed by atoms with Crippen molar-refractivity contribution in [3.63, 3.8) is 0 Å². The van der Waals surface area contributed by atoms with E-state index < -0.39 is 0 Å². The second-order valence-corrected chi connectivity index (χ2v) is 9.12. The van der Waals surface area contributed by atoms with Gasteiger partial charge in [-0.05, 0) is 74.2 Å². The van der Waals surface area contributed by atoms with Crippen molar-refractivity contribution in [1.82, 2.24) is 4.90 Å². The number of carbonyl (C=O) groups is 1. The van der Waals surface area contributed by atoms with Crippen LogP contribution in [0.5, 0.6) is 0 Å². The van der Waals surface area contributed by atoms with Crippen LogP contribution in [0.25, 0.3) is 0 Å². The molecule has 2 aliphatic rings. The number of esters is 1. The van der Waals surface area contributed by atoms with Crippen LogP contribution in [0.15, 0.2) is 24.3 Å². The van der Waals surface area contributed by atoms with Gasteiger partial charge in [0.1, 0.15) is 11.9 Å². The van der Waals surface area contributed by atoms with Crippen LogP contribution < -0.4 is 0 Å². The summed E-state index contributed by atoms with van der Waals surface area (Å²) in [5.74, 6) is 1.21. The van der Waals surface area contributed by atoms with Crippen LogP contribution in [-0.4, -0.2) is 37.1 Å². The normalized spacial score (nSPS) is 31.3. The van der Waals surface area contributed by atoms with Crippen LogP contribution in [0.2, 0.25) is 0 Å². The molecular weight excluding hydrogens is 421 g/mol. The third-order valence-electron chi connectivity index (χ3n) is 6.65. The highest BCUT2D eigenvalue weighted by Crippen LogP contribution is 2.38. The Hall–Kier alpha value is -0.940. The van der Waals surface area contributed by atoms with Crippen molar-refractivity contribution < 1.29 is 13.9 Å². The Labute approximate surface area is 179 Å². The molecular formula is C23H35BrFNO2. The van der Waals surface area contributed by atoms with Gasteiger partial charge in [-0.2, -0.15) is 0 Å². The maximum absolute atomic E-state index is 13.3. The van der Waals surface area contributed by atoms with Crippen LogP contribution in [0.4, 0.5) is 4.39 Å². The topological polar surface area (TPSA) is 29.5 Å². The molecule has 1 saturated carbocycles. The summed E-state index contributed by atoms with van der Waals surface area (Å²) < 4.78 is 19.5. The number of rotatable bonds is 4. The molecule has 28 heavy (non-hydrogen) atoms. The van der Waals surface area contributed by atoms with E-state index in [0.717, 1.165) is 31.4 Å². The minimum atomic E-state index is -0.234. The minimum absolute atomic E-state index is 0. The van der Waals surface area contributed by atoms with E-state index in [1.54, 1.807) is 0 Å². The van der Waals surface area contributed by atoms with Gasteiger partial charge in [-0.15, -0.1) is 17.0 Å². The van der Waals surface area contributed by atoms with Crippen molar-refractivity contribution in [3.05, 3.63) is 35.6 Å². The molecule has 5 heteroatoms. The summed E-state index contributed by atoms with van der Waals surface area (Å²) >= 11 is 0. The largest absolute Gasteiger partial charge is 0.462 e. The average Bonchev–Trinajstić information content (AvgIpc) is 2.62. The lowest BCUT2D eigenvalue weighted by Gasteiger charge is -2.40. The Balaban J connectivity index is 0.00000280. The third-order valence-corrected chi connectivity index (χ3v) is 6.65. The second-order valence-electron chi connectivity index (χ2n) is 9.12. The molecule has 3 rings (SSSR count). The molecule has 1 saturated heterocycles. The zero-order valence-corrected chi connectivity index (χ0v) is 19.3. The summed E-state index contributed by atoms with van der Waals surface area (Å²) in [4.78, 5) is 15.4. The van der Waals surface area contributed by atoms with E-state index in [0.29, 0.717) is 24.3 Å². The van der Waals surface area contributed by atoms with Gasteiger partial charge in [0.15, 0.2) is 0 Å². The second kappa shape index (κ2) is 10.2. The van der Waals surface area contributed by atoms with Crippen LogP contribution in [-0.2, 0) is 9.53 Å². The Kier molecular flexibility index (Phi) is 8.50. The quantitative estimate of drug-likeness (QED) is 0.565. The monoisotopic (exact) mass is 455 g/mol. The fourth-order valence-corrected chi connectivity index (χ4v) is 4.95. The zero-order chi connectivity index (χ0) is 19.6. The molecule has 2 fully saturated rings. The fraction of sp³-hybridized carbons (Fsp3) is 0.696. The maximum Gasteiger partial charge on any atom is 0.311 e. The Morgan fingerprint density at radius 3 is 2.50 bits per heavy atom. The highest BCUT2D eigenvalue weighted by molar-refractivity contribution is 8.93. The molecule has 158 valence electrons. The molecule has 1 aromatic carbocycles. The van der Waals surface area contributed by atoms with Gasteiger partial charge >= 0.3 is 5.97 Å². The standard InChI is InChI=1S/C23H34FNO2.BrH/c1-15(2)19-10-5-16(3)13-22(19)27-23(26)21-14-25(4)12-11-20(21)17-6-8-18(24)9-7-17;/h6-9,15-16,19-22H,5,10-14H2,1-4H3;1H/t16-,19+,20+,21?,22?;/m1./s1. The van der Waals surface area contributed by atoms with E-state index in [1.807, 2.05) is 12.1 Å². The van der Waals surface area contributed by atoms with Crippen molar-refractivity contribution >= 4 is 23.0 Å². The van der Waals surface area contributed by atoms with E-state index in [1.165, 1.54) is 18.6 Å². The summed E-state index contributed by atoms with van der Waals surface area (Å²) in [5, 5.41) is 0. The molecule has 0 radical (unpaired) electrons. The molecule has 1 aliphatic carbocycles. The van der Waals surface area contributed by atoms with Crippen LogP contribution in [0.1, 0.15) is 57.9 Å². The summed E-state index contributed by atoms with van der Waals surface area (Å²) in [6.07, 6.45) is 4.27. The average molecular weight is 456 g/mol. The molecule has 0 bridgehead atoms. The minimum Gasteiger partial charge on any atom is -0.462 e. The van der Waals surface area contributed by atoms with E-state index in [9.17, 15) is 9.18 Å². The van der Waals surface area contributed by atoms with Crippen molar-refractivity contribution in [2.45, 2.75) is 58.5 Å². The lowest BCUT2D eigenvalue weighted by molar-refractivity contribution is -0.163. The number of halogens is 2. The molecule has 2 unspecified atom stereocenters. The summed E-state index contributed by atoms with van der Waals surface area (Å²) in [6.45, 7) is 8.37. The Morgan fingerprint density at radius 2 is 1.86 bits per heavy atom. The first-order valence-corrected chi connectivity index (χ1v) is 10.5. The molecule has 5 atom stereocenters. The smallest absolute Gasteiger partial charge is 0.311 e. The number of benzene rings is 1. The van der Waals surface area contributed by atoms with Gasteiger partial charge in [-0.25, -0.2) is 4.39 Å². The lowest BCUT2D eigenvalue weighted by atomic mass is 9.75. The van der Waals surface area contributed by atoms with Gasteiger partial charge in [0.25, 0.3) is 0 Å². The van der Waals surface area contributed by atoms with Crippen LogP contribution in [0, 0.1) is 29.5 Å². The SMILES string of the molecule is Br.CC(C)[C@@H]1CC[C@@H](C)CC1OC(=O)C1CN(C)CC[C@H]1c1ccc(F)cc1. The fourth-order valence-electron chi connectivity index (χ4n) is 4.95. The molecule has 1 heterocycles. The molecule has 0 amide bonds. The van der Waals surface area contributed by atoms with Gasteiger partial charge in [-0.1, -0.05) is 39.3 Å².